The molecule has 0 atom stereocenters. The van der Waals surface area contributed by atoms with E-state index in [1.807, 2.05) is 6.07 Å². The minimum atomic E-state index is -0.0697. The standard InChI is InChI=1S/C28H32N4O2/c1-21-11-12-26(22(2)20-21)34-19-6-5-18-32-25-9-4-3-8-24(25)31-27(32)10-7-15-30-28(33)23-13-16-29-17-14-23/h3-4,8-9,11-14,16-17,20H,5-7,10,15,18-19H2,1-2H3,(H,30,33). The summed E-state index contributed by atoms with van der Waals surface area (Å²) < 4.78 is 8.31. The SMILES string of the molecule is Cc1ccc(OCCCCn2c(CCCNC(=O)c3ccncc3)nc3ccccc32)c(C)c1. The molecule has 6 heteroatoms. The number of carbonyl (C=O) groups excluding carboxylic acids is 1. The third kappa shape index (κ3) is 6.01. The van der Waals surface area contributed by atoms with E-state index < -0.39 is 0 Å². The van der Waals surface area contributed by atoms with Crippen molar-refractivity contribution in [2.24, 2.45) is 0 Å². The van der Waals surface area contributed by atoms with Crippen molar-refractivity contribution >= 4 is 16.9 Å². The lowest BCUT2D eigenvalue weighted by atomic mass is 10.1. The van der Waals surface area contributed by atoms with Gasteiger partial charge in [0.1, 0.15) is 11.6 Å². The van der Waals surface area contributed by atoms with Crippen molar-refractivity contribution in [3.05, 3.63) is 89.5 Å². The van der Waals surface area contributed by atoms with Crippen LogP contribution in [-0.4, -0.2) is 33.6 Å². The van der Waals surface area contributed by atoms with Gasteiger partial charge in [-0.1, -0.05) is 29.8 Å². The van der Waals surface area contributed by atoms with E-state index in [0.29, 0.717) is 18.7 Å². The first-order valence-electron chi connectivity index (χ1n) is 11.9. The van der Waals surface area contributed by atoms with Crippen molar-refractivity contribution in [2.75, 3.05) is 13.2 Å². The van der Waals surface area contributed by atoms with Crippen LogP contribution >= 0.6 is 0 Å². The zero-order valence-electron chi connectivity index (χ0n) is 20.0. The van der Waals surface area contributed by atoms with Gasteiger partial charge >= 0.3 is 0 Å². The second kappa shape index (κ2) is 11.5. The number of nitrogens with zero attached hydrogens (tertiary/aromatic N) is 3. The summed E-state index contributed by atoms with van der Waals surface area (Å²) in [5.74, 6) is 1.96. The van der Waals surface area contributed by atoms with Crippen LogP contribution in [0.25, 0.3) is 11.0 Å². The molecule has 1 N–H and O–H groups in total. The molecule has 34 heavy (non-hydrogen) atoms. The van der Waals surface area contributed by atoms with Gasteiger partial charge in [-0.05, 0) is 69.0 Å². The zero-order valence-corrected chi connectivity index (χ0v) is 20.0. The van der Waals surface area contributed by atoms with Crippen LogP contribution in [0, 0.1) is 13.8 Å². The summed E-state index contributed by atoms with van der Waals surface area (Å²) in [5.41, 5.74) is 5.24. The molecule has 176 valence electrons. The van der Waals surface area contributed by atoms with Crippen LogP contribution < -0.4 is 10.1 Å². The Bertz CT molecular complexity index is 1230. The number of para-hydroxylation sites is 2. The lowest BCUT2D eigenvalue weighted by Crippen LogP contribution is -2.25. The van der Waals surface area contributed by atoms with Crippen LogP contribution in [0.1, 0.15) is 46.6 Å². The van der Waals surface area contributed by atoms with E-state index in [4.69, 9.17) is 9.72 Å². The monoisotopic (exact) mass is 456 g/mol. The molecule has 0 aliphatic carbocycles. The number of hydrogen-bond acceptors (Lipinski definition) is 4. The summed E-state index contributed by atoms with van der Waals surface area (Å²) in [6.45, 7) is 6.39. The number of benzene rings is 2. The maximum absolute atomic E-state index is 12.2. The Morgan fingerprint density at radius 1 is 1.00 bits per heavy atom. The molecule has 0 fully saturated rings. The molecule has 0 unspecified atom stereocenters. The second-order valence-corrected chi connectivity index (χ2v) is 8.59. The predicted molar refractivity (Wildman–Crippen MR) is 135 cm³/mol. The smallest absolute Gasteiger partial charge is 0.251 e. The number of carbonyl (C=O) groups is 1. The minimum absolute atomic E-state index is 0.0697. The first-order valence-corrected chi connectivity index (χ1v) is 11.9. The van der Waals surface area contributed by atoms with E-state index in [2.05, 4.69) is 65.1 Å². The largest absolute Gasteiger partial charge is 0.493 e. The molecular formula is C28H32N4O2. The highest BCUT2D eigenvalue weighted by molar-refractivity contribution is 5.93. The van der Waals surface area contributed by atoms with Crippen molar-refractivity contribution in [1.82, 2.24) is 19.9 Å². The quantitative estimate of drug-likeness (QED) is 0.312. The fraction of sp³-hybridized carbons (Fsp3) is 0.321. The molecule has 0 spiro atoms. The number of unbranched alkanes of at least 4 members (excludes halogenated alkanes) is 1. The lowest BCUT2D eigenvalue weighted by molar-refractivity contribution is 0.0953. The molecule has 6 nitrogen and oxygen atoms in total. The lowest BCUT2D eigenvalue weighted by Gasteiger charge is -2.12. The zero-order chi connectivity index (χ0) is 23.8. The van der Waals surface area contributed by atoms with E-state index >= 15 is 0 Å². The molecule has 2 heterocycles. The van der Waals surface area contributed by atoms with Gasteiger partial charge in [-0.2, -0.15) is 0 Å². The van der Waals surface area contributed by atoms with Gasteiger partial charge in [0.05, 0.1) is 17.6 Å². The summed E-state index contributed by atoms with van der Waals surface area (Å²) in [5, 5.41) is 2.99. The van der Waals surface area contributed by atoms with Gasteiger partial charge in [0.15, 0.2) is 0 Å². The van der Waals surface area contributed by atoms with Gasteiger partial charge in [0.25, 0.3) is 5.91 Å². The number of amides is 1. The van der Waals surface area contributed by atoms with Gasteiger partial charge in [-0.15, -0.1) is 0 Å². The van der Waals surface area contributed by atoms with E-state index in [1.165, 1.54) is 11.1 Å². The van der Waals surface area contributed by atoms with Gasteiger partial charge in [-0.25, -0.2) is 4.98 Å². The Labute approximate surface area is 201 Å². The normalized spacial score (nSPS) is 11.0. The summed E-state index contributed by atoms with van der Waals surface area (Å²) >= 11 is 0. The van der Waals surface area contributed by atoms with Crippen LogP contribution in [0.3, 0.4) is 0 Å². The highest BCUT2D eigenvalue weighted by Gasteiger charge is 2.11. The molecule has 0 saturated heterocycles. The van der Waals surface area contributed by atoms with Gasteiger partial charge in [0, 0.05) is 37.5 Å². The van der Waals surface area contributed by atoms with Crippen LogP contribution in [0.5, 0.6) is 5.75 Å². The third-order valence-corrected chi connectivity index (χ3v) is 5.90. The molecule has 4 rings (SSSR count). The third-order valence-electron chi connectivity index (χ3n) is 5.90. The topological polar surface area (TPSA) is 69.0 Å². The van der Waals surface area contributed by atoms with Gasteiger partial charge in [-0.3, -0.25) is 9.78 Å². The van der Waals surface area contributed by atoms with E-state index in [1.54, 1.807) is 24.5 Å². The second-order valence-electron chi connectivity index (χ2n) is 8.59. The maximum atomic E-state index is 12.2. The predicted octanol–water partition coefficient (Wildman–Crippen LogP) is 5.27. The minimum Gasteiger partial charge on any atom is -0.493 e. The molecule has 0 radical (unpaired) electrons. The number of imidazole rings is 1. The Morgan fingerprint density at radius 2 is 1.82 bits per heavy atom. The molecular weight excluding hydrogens is 424 g/mol. The molecule has 1 amide bonds. The van der Waals surface area contributed by atoms with Crippen LogP contribution in [0.15, 0.2) is 67.0 Å². The van der Waals surface area contributed by atoms with E-state index in [0.717, 1.165) is 54.8 Å². The highest BCUT2D eigenvalue weighted by atomic mass is 16.5. The van der Waals surface area contributed by atoms with Crippen LogP contribution in [-0.2, 0) is 13.0 Å². The first-order chi connectivity index (χ1) is 16.6. The van der Waals surface area contributed by atoms with Crippen molar-refractivity contribution in [3.63, 3.8) is 0 Å². The molecule has 2 aromatic carbocycles. The summed E-state index contributed by atoms with van der Waals surface area (Å²) in [6, 6.07) is 18.0. The highest BCUT2D eigenvalue weighted by Crippen LogP contribution is 2.20. The van der Waals surface area contributed by atoms with Gasteiger partial charge in [0.2, 0.25) is 0 Å². The summed E-state index contributed by atoms with van der Waals surface area (Å²) in [7, 11) is 0. The molecule has 4 aromatic rings. The average molecular weight is 457 g/mol. The number of fused-ring (bicyclic) bond motifs is 1. The Morgan fingerprint density at radius 3 is 2.65 bits per heavy atom. The van der Waals surface area contributed by atoms with Crippen LogP contribution in [0.4, 0.5) is 0 Å². The number of aryl methyl sites for hydroxylation is 4. The number of nitrogens with one attached hydrogen (secondary N) is 1. The molecule has 2 aromatic heterocycles. The van der Waals surface area contributed by atoms with Crippen molar-refractivity contribution < 1.29 is 9.53 Å². The summed E-state index contributed by atoms with van der Waals surface area (Å²) in [6.07, 6.45) is 6.88. The Hall–Kier alpha value is -3.67. The number of ether oxygens (including phenoxy) is 1. The summed E-state index contributed by atoms with van der Waals surface area (Å²) in [4.78, 5) is 21.1. The number of pyridine rings is 1. The molecule has 0 aliphatic heterocycles. The van der Waals surface area contributed by atoms with Gasteiger partial charge < -0.3 is 14.6 Å². The van der Waals surface area contributed by atoms with Crippen molar-refractivity contribution in [1.29, 1.82) is 0 Å². The Balaban J connectivity index is 1.29. The van der Waals surface area contributed by atoms with E-state index in [-0.39, 0.29) is 5.91 Å². The van der Waals surface area contributed by atoms with E-state index in [9.17, 15) is 4.79 Å². The fourth-order valence-electron chi connectivity index (χ4n) is 4.13. The average Bonchev–Trinajstić information content (AvgIpc) is 3.20. The Kier molecular flexibility index (Phi) is 7.91. The molecule has 0 aliphatic rings. The number of hydrogen-bond donors (Lipinski definition) is 1. The molecule has 0 saturated carbocycles. The first kappa shape index (κ1) is 23.5. The van der Waals surface area contributed by atoms with Crippen LogP contribution in [0.2, 0.25) is 0 Å². The van der Waals surface area contributed by atoms with Crippen molar-refractivity contribution in [2.45, 2.75) is 46.1 Å². The fourth-order valence-corrected chi connectivity index (χ4v) is 4.13. The molecule has 0 bridgehead atoms. The van der Waals surface area contributed by atoms with Crippen molar-refractivity contribution in [3.8, 4) is 5.75 Å². The maximum Gasteiger partial charge on any atom is 0.251 e. The number of aromatic nitrogens is 3. The number of rotatable bonds is 11.